The van der Waals surface area contributed by atoms with Gasteiger partial charge in [-0.3, -0.25) is 0 Å². The molecule has 1 aliphatic carbocycles. The van der Waals surface area contributed by atoms with E-state index in [0.29, 0.717) is 50.0 Å². The van der Waals surface area contributed by atoms with Crippen LogP contribution in [0.1, 0.15) is 50.5 Å². The van der Waals surface area contributed by atoms with Crippen LogP contribution in [-0.4, -0.2) is 30.8 Å². The molecular weight excluding hydrogens is 301 g/mol. The maximum absolute atomic E-state index is 11.7. The third-order valence-corrected chi connectivity index (χ3v) is 5.22. The fourth-order valence-corrected chi connectivity index (χ4v) is 3.64. The Balaban J connectivity index is 0.00000208. The quantitative estimate of drug-likeness (QED) is 0.639. The molecule has 1 aromatic heterocycles. The summed E-state index contributed by atoms with van der Waals surface area (Å²) in [5.41, 5.74) is -0.293. The average molecular weight is 325 g/mol. The molecule has 2 heterocycles. The minimum Gasteiger partial charge on any atom is -0.549 e. The van der Waals surface area contributed by atoms with Crippen LogP contribution in [0.4, 0.5) is 0 Å². The van der Waals surface area contributed by atoms with E-state index in [0.717, 1.165) is 0 Å². The molecule has 0 radical (unpaired) electrons. The summed E-state index contributed by atoms with van der Waals surface area (Å²) in [7, 11) is 0. The van der Waals surface area contributed by atoms with Crippen molar-refractivity contribution in [3.8, 4) is 5.88 Å². The van der Waals surface area contributed by atoms with Crippen molar-refractivity contribution in [3.05, 3.63) is 23.9 Å². The van der Waals surface area contributed by atoms with Crippen LogP contribution < -0.4 is 28.7 Å². The van der Waals surface area contributed by atoms with Gasteiger partial charge in [0.15, 0.2) is 0 Å². The van der Waals surface area contributed by atoms with Gasteiger partial charge in [0.25, 0.3) is 0 Å². The molecular formula is C18H24LiNO4. The first-order valence-electron chi connectivity index (χ1n) is 8.59. The third kappa shape index (κ3) is 4.33. The summed E-state index contributed by atoms with van der Waals surface area (Å²) >= 11 is 0. The average Bonchev–Trinajstić information content (AvgIpc) is 2.62. The first-order chi connectivity index (χ1) is 11.2. The molecule has 2 fully saturated rings. The van der Waals surface area contributed by atoms with E-state index in [4.69, 9.17) is 9.47 Å². The number of aromatic nitrogens is 1. The van der Waals surface area contributed by atoms with Gasteiger partial charge in [0.2, 0.25) is 5.88 Å². The Kier molecular flexibility index (Phi) is 7.15. The number of rotatable bonds is 5. The van der Waals surface area contributed by atoms with Crippen molar-refractivity contribution in [2.75, 3.05) is 19.8 Å². The van der Waals surface area contributed by atoms with Gasteiger partial charge in [0.05, 0.1) is 12.6 Å². The molecule has 126 valence electrons. The number of carboxylic acid groups (broad SMARTS) is 1. The Morgan fingerprint density at radius 1 is 1.25 bits per heavy atom. The van der Waals surface area contributed by atoms with Gasteiger partial charge in [-0.25, -0.2) is 4.98 Å². The summed E-state index contributed by atoms with van der Waals surface area (Å²) in [6, 6.07) is 3.59. The molecule has 5 nitrogen and oxygen atoms in total. The van der Waals surface area contributed by atoms with Crippen molar-refractivity contribution in [2.24, 2.45) is 5.92 Å². The second-order valence-corrected chi connectivity index (χ2v) is 6.68. The molecule has 1 aromatic rings. The summed E-state index contributed by atoms with van der Waals surface area (Å²) in [5.74, 6) is 0.147. The molecule has 1 saturated carbocycles. The van der Waals surface area contributed by atoms with Crippen LogP contribution in [0.5, 0.6) is 5.88 Å². The molecule has 0 unspecified atom stereocenters. The normalized spacial score (nSPS) is 20.8. The fourth-order valence-electron chi connectivity index (χ4n) is 3.64. The van der Waals surface area contributed by atoms with E-state index in [2.05, 4.69) is 4.98 Å². The first-order valence-corrected chi connectivity index (χ1v) is 8.59. The Labute approximate surface area is 155 Å². The zero-order valence-corrected chi connectivity index (χ0v) is 14.5. The van der Waals surface area contributed by atoms with Crippen LogP contribution in [0.25, 0.3) is 0 Å². The number of hydrogen-bond donors (Lipinski definition) is 0. The van der Waals surface area contributed by atoms with Gasteiger partial charge in [-0.1, -0.05) is 25.3 Å². The van der Waals surface area contributed by atoms with Gasteiger partial charge >= 0.3 is 18.9 Å². The number of nitrogens with zero attached hydrogens (tertiary/aromatic N) is 1. The van der Waals surface area contributed by atoms with Gasteiger partial charge in [0, 0.05) is 30.9 Å². The predicted molar refractivity (Wildman–Crippen MR) is 83.0 cm³/mol. The van der Waals surface area contributed by atoms with Crippen LogP contribution in [0.2, 0.25) is 0 Å². The summed E-state index contributed by atoms with van der Waals surface area (Å²) in [6.07, 6.45) is 8.85. The summed E-state index contributed by atoms with van der Waals surface area (Å²) in [4.78, 5) is 16.0. The van der Waals surface area contributed by atoms with E-state index in [-0.39, 0.29) is 18.9 Å². The number of pyridine rings is 1. The molecule has 0 amide bonds. The van der Waals surface area contributed by atoms with E-state index < -0.39 is 11.4 Å². The van der Waals surface area contributed by atoms with E-state index in [1.165, 1.54) is 32.1 Å². The summed E-state index contributed by atoms with van der Waals surface area (Å²) < 4.78 is 11.1. The predicted octanol–water partition coefficient (Wildman–Crippen LogP) is -1.16. The SMILES string of the molecule is O=C([O-])C1(c2ccc(OCC3CCCCC3)nc2)CCOCC1.[Li+]. The number of aliphatic carboxylic acids is 1. The van der Waals surface area contributed by atoms with Crippen LogP contribution in [-0.2, 0) is 14.9 Å². The van der Waals surface area contributed by atoms with E-state index in [1.807, 2.05) is 6.07 Å². The van der Waals surface area contributed by atoms with Crippen molar-refractivity contribution < 1.29 is 38.2 Å². The molecule has 3 rings (SSSR count). The summed E-state index contributed by atoms with van der Waals surface area (Å²) in [5, 5.41) is 11.7. The molecule has 2 aliphatic rings. The number of carboxylic acids is 1. The topological polar surface area (TPSA) is 71.5 Å². The maximum Gasteiger partial charge on any atom is 1.00 e. The first kappa shape index (κ1) is 19.3. The standard InChI is InChI=1S/C18H25NO4.Li/c20-17(21)18(8-10-22-11-9-18)15-6-7-16(19-12-15)23-13-14-4-2-1-3-5-14;/h6-7,12,14H,1-5,8-11,13H2,(H,20,21);/q;+1/p-1. The Morgan fingerprint density at radius 3 is 2.54 bits per heavy atom. The number of carbonyl (C=O) groups excluding carboxylic acids is 1. The Morgan fingerprint density at radius 2 is 1.96 bits per heavy atom. The van der Waals surface area contributed by atoms with Crippen LogP contribution >= 0.6 is 0 Å². The Bertz CT molecular complexity index is 522. The van der Waals surface area contributed by atoms with E-state index in [9.17, 15) is 9.90 Å². The Hall–Kier alpha value is -1.02. The van der Waals surface area contributed by atoms with Crippen molar-refractivity contribution >= 4 is 5.97 Å². The van der Waals surface area contributed by atoms with Crippen LogP contribution in [0.3, 0.4) is 0 Å². The smallest absolute Gasteiger partial charge is 0.549 e. The van der Waals surface area contributed by atoms with Crippen molar-refractivity contribution in [1.29, 1.82) is 0 Å². The second-order valence-electron chi connectivity index (χ2n) is 6.68. The summed E-state index contributed by atoms with van der Waals surface area (Å²) in [6.45, 7) is 1.58. The molecule has 6 heteroatoms. The molecule has 0 atom stereocenters. The zero-order valence-electron chi connectivity index (χ0n) is 14.5. The minimum atomic E-state index is -1.04. The molecule has 1 saturated heterocycles. The zero-order chi connectivity index (χ0) is 16.1. The van der Waals surface area contributed by atoms with Crippen LogP contribution in [0, 0.1) is 5.92 Å². The van der Waals surface area contributed by atoms with Gasteiger partial charge in [-0.15, -0.1) is 0 Å². The monoisotopic (exact) mass is 325 g/mol. The van der Waals surface area contributed by atoms with Crippen LogP contribution in [0.15, 0.2) is 18.3 Å². The number of ether oxygens (including phenoxy) is 2. The maximum atomic E-state index is 11.7. The molecule has 0 bridgehead atoms. The van der Waals surface area contributed by atoms with E-state index in [1.54, 1.807) is 12.3 Å². The third-order valence-electron chi connectivity index (χ3n) is 5.22. The van der Waals surface area contributed by atoms with Gasteiger partial charge in [-0.05, 0) is 37.2 Å². The largest absolute Gasteiger partial charge is 1.00 e. The molecule has 24 heavy (non-hydrogen) atoms. The number of carbonyl (C=O) groups is 1. The van der Waals surface area contributed by atoms with Crippen molar-refractivity contribution in [1.82, 2.24) is 4.98 Å². The van der Waals surface area contributed by atoms with Crippen molar-refractivity contribution in [2.45, 2.75) is 50.4 Å². The van der Waals surface area contributed by atoms with Gasteiger partial charge in [-0.2, -0.15) is 0 Å². The van der Waals surface area contributed by atoms with Crippen molar-refractivity contribution in [3.63, 3.8) is 0 Å². The molecule has 1 aliphatic heterocycles. The van der Waals surface area contributed by atoms with E-state index >= 15 is 0 Å². The molecule has 0 spiro atoms. The number of hydrogen-bond acceptors (Lipinski definition) is 5. The van der Waals surface area contributed by atoms with Gasteiger partial charge in [0.1, 0.15) is 0 Å². The fraction of sp³-hybridized carbons (Fsp3) is 0.667. The second kappa shape index (κ2) is 8.89. The molecule has 0 N–H and O–H groups in total. The molecule has 0 aromatic carbocycles. The van der Waals surface area contributed by atoms with Gasteiger partial charge < -0.3 is 19.4 Å². The minimum absolute atomic E-state index is 0.